The molecule has 0 aliphatic carbocycles. The average Bonchev–Trinajstić information content (AvgIpc) is 3.45. The van der Waals surface area contributed by atoms with Crippen LogP contribution in [0.2, 0.25) is 0 Å². The standard InChI is InChI=1S/C19H28N6O5S/c1-29-16-3-5-17(6-4-16)31(27,28)25-15(14-26)2-7-18(25)19-20-21-22-24(19)9-8-23-10-12-30-13-11-23/h3-6,15,18,26H,2,7-14H2,1H3/t15-,18-/m0/s1. The molecular weight excluding hydrogens is 424 g/mol. The number of methoxy groups -OCH3 is 1. The summed E-state index contributed by atoms with van der Waals surface area (Å²) >= 11 is 0. The Balaban J connectivity index is 1.58. The van der Waals surface area contributed by atoms with Crippen LogP contribution >= 0.6 is 0 Å². The van der Waals surface area contributed by atoms with Gasteiger partial charge in [-0.15, -0.1) is 5.10 Å². The molecule has 0 saturated carbocycles. The molecular formula is C19H28N6O5S. The Hall–Kier alpha value is -2.12. The van der Waals surface area contributed by atoms with E-state index in [9.17, 15) is 13.5 Å². The molecule has 3 heterocycles. The van der Waals surface area contributed by atoms with E-state index in [1.165, 1.54) is 23.5 Å². The van der Waals surface area contributed by atoms with E-state index in [0.29, 0.717) is 44.2 Å². The third-order valence-electron chi connectivity index (χ3n) is 5.88. The molecule has 4 rings (SSSR count). The van der Waals surface area contributed by atoms with Crippen LogP contribution in [0, 0.1) is 0 Å². The van der Waals surface area contributed by atoms with Crippen LogP contribution in [-0.2, 0) is 21.3 Å². The molecule has 2 aliphatic heterocycles. The van der Waals surface area contributed by atoms with E-state index in [2.05, 4.69) is 20.4 Å². The molecule has 1 N–H and O–H groups in total. The number of benzene rings is 1. The maximum absolute atomic E-state index is 13.5. The quantitative estimate of drug-likeness (QED) is 0.585. The van der Waals surface area contributed by atoms with Crippen molar-refractivity contribution in [3.05, 3.63) is 30.1 Å². The number of nitrogens with zero attached hydrogens (tertiary/aromatic N) is 6. The molecule has 170 valence electrons. The third-order valence-corrected chi connectivity index (χ3v) is 7.85. The van der Waals surface area contributed by atoms with Crippen LogP contribution in [-0.4, -0.2) is 95.5 Å². The fourth-order valence-corrected chi connectivity index (χ4v) is 6.00. The zero-order valence-electron chi connectivity index (χ0n) is 17.5. The monoisotopic (exact) mass is 452 g/mol. The topological polar surface area (TPSA) is 123 Å². The SMILES string of the molecule is COc1ccc(S(=O)(=O)N2[C@H](CO)CC[C@H]2c2nnnn2CCN2CCOCC2)cc1. The first-order valence-electron chi connectivity index (χ1n) is 10.4. The van der Waals surface area contributed by atoms with Gasteiger partial charge in [0, 0.05) is 25.7 Å². The minimum absolute atomic E-state index is 0.144. The van der Waals surface area contributed by atoms with Gasteiger partial charge < -0.3 is 14.6 Å². The van der Waals surface area contributed by atoms with Crippen molar-refractivity contribution in [3.63, 3.8) is 0 Å². The Morgan fingerprint density at radius 3 is 2.58 bits per heavy atom. The minimum atomic E-state index is -3.87. The van der Waals surface area contributed by atoms with Crippen molar-refractivity contribution in [2.24, 2.45) is 0 Å². The van der Waals surface area contributed by atoms with Crippen LogP contribution in [0.1, 0.15) is 24.7 Å². The predicted molar refractivity (Wildman–Crippen MR) is 110 cm³/mol. The summed E-state index contributed by atoms with van der Waals surface area (Å²) in [6.45, 7) is 4.16. The van der Waals surface area contributed by atoms with Crippen molar-refractivity contribution in [1.82, 2.24) is 29.4 Å². The summed E-state index contributed by atoms with van der Waals surface area (Å²) in [6, 6.07) is 5.18. The van der Waals surface area contributed by atoms with Gasteiger partial charge in [0.1, 0.15) is 5.75 Å². The highest BCUT2D eigenvalue weighted by atomic mass is 32.2. The van der Waals surface area contributed by atoms with Crippen LogP contribution in [0.5, 0.6) is 5.75 Å². The van der Waals surface area contributed by atoms with Gasteiger partial charge in [0.25, 0.3) is 0 Å². The molecule has 2 saturated heterocycles. The van der Waals surface area contributed by atoms with Crippen molar-refractivity contribution in [3.8, 4) is 5.75 Å². The van der Waals surface area contributed by atoms with Crippen molar-refractivity contribution in [1.29, 1.82) is 0 Å². The van der Waals surface area contributed by atoms with E-state index in [0.717, 1.165) is 19.6 Å². The smallest absolute Gasteiger partial charge is 0.244 e. The van der Waals surface area contributed by atoms with Gasteiger partial charge in [-0.2, -0.15) is 4.31 Å². The van der Waals surface area contributed by atoms with Crippen molar-refractivity contribution in [2.45, 2.75) is 36.4 Å². The lowest BCUT2D eigenvalue weighted by atomic mass is 10.2. The number of sulfonamides is 1. The first-order chi connectivity index (χ1) is 15.0. The molecule has 2 aromatic rings. The Morgan fingerprint density at radius 1 is 1.16 bits per heavy atom. The molecule has 2 aliphatic rings. The van der Waals surface area contributed by atoms with Crippen molar-refractivity contribution < 1.29 is 23.0 Å². The zero-order valence-corrected chi connectivity index (χ0v) is 18.3. The fourth-order valence-electron chi connectivity index (χ4n) is 4.18. The minimum Gasteiger partial charge on any atom is -0.497 e. The summed E-state index contributed by atoms with van der Waals surface area (Å²) in [5, 5.41) is 22.0. The fraction of sp³-hybridized carbons (Fsp3) is 0.632. The summed E-state index contributed by atoms with van der Waals surface area (Å²) in [6.07, 6.45) is 1.07. The molecule has 31 heavy (non-hydrogen) atoms. The Morgan fingerprint density at radius 2 is 1.90 bits per heavy atom. The second-order valence-electron chi connectivity index (χ2n) is 7.65. The molecule has 2 fully saturated rings. The van der Waals surface area contributed by atoms with E-state index in [1.807, 2.05) is 0 Å². The molecule has 0 radical (unpaired) electrons. The second kappa shape index (κ2) is 9.57. The first-order valence-corrected chi connectivity index (χ1v) is 11.8. The lowest BCUT2D eigenvalue weighted by Gasteiger charge is -2.29. The number of aromatic nitrogens is 4. The summed E-state index contributed by atoms with van der Waals surface area (Å²) in [5.41, 5.74) is 0. The van der Waals surface area contributed by atoms with Gasteiger partial charge >= 0.3 is 0 Å². The summed E-state index contributed by atoms with van der Waals surface area (Å²) < 4.78 is 40.6. The van der Waals surface area contributed by atoms with Gasteiger partial charge in [-0.25, -0.2) is 13.1 Å². The van der Waals surface area contributed by atoms with Gasteiger partial charge in [-0.05, 0) is 47.5 Å². The van der Waals surface area contributed by atoms with Crippen LogP contribution in [0.25, 0.3) is 0 Å². The number of tetrazole rings is 1. The van der Waals surface area contributed by atoms with Gasteiger partial charge in [-0.1, -0.05) is 0 Å². The average molecular weight is 453 g/mol. The maximum Gasteiger partial charge on any atom is 0.244 e. The molecule has 0 bridgehead atoms. The van der Waals surface area contributed by atoms with Crippen molar-refractivity contribution in [2.75, 3.05) is 46.6 Å². The van der Waals surface area contributed by atoms with E-state index >= 15 is 0 Å². The summed E-state index contributed by atoms with van der Waals surface area (Å²) in [4.78, 5) is 2.41. The van der Waals surface area contributed by atoms with E-state index in [-0.39, 0.29) is 11.5 Å². The molecule has 0 amide bonds. The van der Waals surface area contributed by atoms with E-state index in [1.54, 1.807) is 16.8 Å². The second-order valence-corrected chi connectivity index (χ2v) is 9.50. The van der Waals surface area contributed by atoms with Gasteiger partial charge in [0.2, 0.25) is 10.0 Å². The normalized spacial score (nSPS) is 23.3. The zero-order chi connectivity index (χ0) is 21.8. The van der Waals surface area contributed by atoms with E-state index in [4.69, 9.17) is 9.47 Å². The maximum atomic E-state index is 13.5. The van der Waals surface area contributed by atoms with Gasteiger partial charge in [-0.3, -0.25) is 4.90 Å². The van der Waals surface area contributed by atoms with E-state index < -0.39 is 22.1 Å². The number of rotatable bonds is 8. The highest BCUT2D eigenvalue weighted by Crippen LogP contribution is 2.39. The van der Waals surface area contributed by atoms with Gasteiger partial charge in [0.15, 0.2) is 5.82 Å². The molecule has 1 aromatic carbocycles. The molecule has 0 spiro atoms. The number of hydrogen-bond donors (Lipinski definition) is 1. The molecule has 0 unspecified atom stereocenters. The van der Waals surface area contributed by atoms with Gasteiger partial charge in [0.05, 0.1) is 44.4 Å². The van der Waals surface area contributed by atoms with Crippen LogP contribution in [0.15, 0.2) is 29.2 Å². The third kappa shape index (κ3) is 4.58. The summed E-state index contributed by atoms with van der Waals surface area (Å²) in [5.74, 6) is 1.07. The highest BCUT2D eigenvalue weighted by Gasteiger charge is 2.45. The van der Waals surface area contributed by atoms with Crippen LogP contribution in [0.4, 0.5) is 0 Å². The lowest BCUT2D eigenvalue weighted by molar-refractivity contribution is 0.0357. The lowest BCUT2D eigenvalue weighted by Crippen LogP contribution is -2.41. The molecule has 12 heteroatoms. The Bertz CT molecular complexity index is 960. The largest absolute Gasteiger partial charge is 0.497 e. The number of aliphatic hydroxyl groups excluding tert-OH is 1. The Kier molecular flexibility index (Phi) is 6.82. The molecule has 2 atom stereocenters. The first kappa shape index (κ1) is 22.1. The highest BCUT2D eigenvalue weighted by molar-refractivity contribution is 7.89. The number of hydrogen-bond acceptors (Lipinski definition) is 9. The summed E-state index contributed by atoms with van der Waals surface area (Å²) in [7, 11) is -2.34. The Labute approximate surface area is 181 Å². The predicted octanol–water partition coefficient (Wildman–Crippen LogP) is -0.0994. The van der Waals surface area contributed by atoms with Crippen LogP contribution in [0.3, 0.4) is 0 Å². The number of aliphatic hydroxyl groups is 1. The number of morpholine rings is 1. The van der Waals surface area contributed by atoms with Crippen molar-refractivity contribution >= 4 is 10.0 Å². The molecule has 1 aromatic heterocycles. The number of ether oxygens (including phenoxy) is 2. The van der Waals surface area contributed by atoms with Crippen LogP contribution < -0.4 is 4.74 Å². The molecule has 11 nitrogen and oxygen atoms in total.